The van der Waals surface area contributed by atoms with Crippen molar-refractivity contribution in [2.75, 3.05) is 13.7 Å². The fourth-order valence-electron chi connectivity index (χ4n) is 2.34. The molecule has 3 heteroatoms. The van der Waals surface area contributed by atoms with E-state index < -0.39 is 0 Å². The van der Waals surface area contributed by atoms with Gasteiger partial charge in [0.05, 0.1) is 6.61 Å². The largest absolute Gasteiger partial charge is 0.395 e. The van der Waals surface area contributed by atoms with Crippen molar-refractivity contribution in [3.63, 3.8) is 0 Å². The molecular weight excluding hydrogens is 250 g/mol. The molecule has 1 saturated carbocycles. The minimum Gasteiger partial charge on any atom is -0.395 e. The summed E-state index contributed by atoms with van der Waals surface area (Å²) < 4.78 is 0. The van der Waals surface area contributed by atoms with Gasteiger partial charge in [-0.25, -0.2) is 0 Å². The Morgan fingerprint density at radius 1 is 1.40 bits per heavy atom. The molecule has 0 unspecified atom stereocenters. The Balaban J connectivity index is 2.18. The highest BCUT2D eigenvalue weighted by atomic mass is 16.2. The molecule has 0 radical (unpaired) electrons. The van der Waals surface area contributed by atoms with Gasteiger partial charge in [0.25, 0.3) is 5.91 Å². The van der Waals surface area contributed by atoms with Crippen LogP contribution in [0.3, 0.4) is 0 Å². The van der Waals surface area contributed by atoms with Gasteiger partial charge in [-0.1, -0.05) is 11.8 Å². The molecule has 0 saturated heterocycles. The lowest BCUT2D eigenvalue weighted by atomic mass is 9.91. The van der Waals surface area contributed by atoms with Crippen LogP contribution in [-0.2, 0) is 0 Å². The van der Waals surface area contributed by atoms with E-state index in [1.54, 1.807) is 0 Å². The lowest BCUT2D eigenvalue weighted by molar-refractivity contribution is 0.0652. The monoisotopic (exact) mass is 271 g/mol. The number of aliphatic hydroxyl groups is 1. The van der Waals surface area contributed by atoms with E-state index in [1.807, 2.05) is 37.1 Å². The van der Waals surface area contributed by atoms with Gasteiger partial charge in [0, 0.05) is 30.6 Å². The van der Waals surface area contributed by atoms with Crippen LogP contribution < -0.4 is 0 Å². The van der Waals surface area contributed by atoms with E-state index in [0.717, 1.165) is 24.0 Å². The molecule has 0 aromatic heterocycles. The highest BCUT2D eigenvalue weighted by Gasteiger charge is 2.26. The Morgan fingerprint density at radius 3 is 2.75 bits per heavy atom. The SMILES string of the molecule is Cc1cc(C#CCCO)cc(C(=O)N(C)C2CCC2)c1. The van der Waals surface area contributed by atoms with E-state index >= 15 is 0 Å². The molecule has 0 heterocycles. The third-order valence-electron chi connectivity index (χ3n) is 3.74. The second-order valence-corrected chi connectivity index (χ2v) is 5.36. The standard InChI is InChI=1S/C17H21NO2/c1-13-10-14(6-3-4-9-19)12-15(11-13)17(20)18(2)16-7-5-8-16/h10-12,16,19H,4-5,7-9H2,1-2H3. The van der Waals surface area contributed by atoms with E-state index in [-0.39, 0.29) is 12.5 Å². The van der Waals surface area contributed by atoms with Crippen LogP contribution in [0.15, 0.2) is 18.2 Å². The summed E-state index contributed by atoms with van der Waals surface area (Å²) in [5.41, 5.74) is 2.57. The summed E-state index contributed by atoms with van der Waals surface area (Å²) in [7, 11) is 1.88. The van der Waals surface area contributed by atoms with Crippen LogP contribution in [0.25, 0.3) is 0 Å². The number of amides is 1. The van der Waals surface area contributed by atoms with Crippen LogP contribution in [0.4, 0.5) is 0 Å². The second-order valence-electron chi connectivity index (χ2n) is 5.36. The lowest BCUT2D eigenvalue weighted by Gasteiger charge is -2.34. The molecule has 1 N–H and O–H groups in total. The lowest BCUT2D eigenvalue weighted by Crippen LogP contribution is -2.41. The number of hydrogen-bond acceptors (Lipinski definition) is 2. The van der Waals surface area contributed by atoms with Crippen molar-refractivity contribution >= 4 is 5.91 Å². The zero-order valence-corrected chi connectivity index (χ0v) is 12.1. The maximum absolute atomic E-state index is 12.5. The summed E-state index contributed by atoms with van der Waals surface area (Å²) >= 11 is 0. The molecule has 1 amide bonds. The summed E-state index contributed by atoms with van der Waals surface area (Å²) in [5, 5.41) is 8.75. The van der Waals surface area contributed by atoms with Crippen molar-refractivity contribution in [3.05, 3.63) is 34.9 Å². The Bertz CT molecular complexity index is 550. The molecule has 106 valence electrons. The molecule has 3 nitrogen and oxygen atoms in total. The Labute approximate surface area is 120 Å². The highest BCUT2D eigenvalue weighted by molar-refractivity contribution is 5.95. The number of aliphatic hydroxyl groups excluding tert-OH is 1. The van der Waals surface area contributed by atoms with Crippen molar-refractivity contribution in [1.82, 2.24) is 4.90 Å². The van der Waals surface area contributed by atoms with Gasteiger partial charge in [-0.15, -0.1) is 0 Å². The van der Waals surface area contributed by atoms with Crippen LogP contribution in [0.5, 0.6) is 0 Å². The summed E-state index contributed by atoms with van der Waals surface area (Å²) in [6.07, 6.45) is 3.89. The average Bonchev–Trinajstić information content (AvgIpc) is 2.35. The summed E-state index contributed by atoms with van der Waals surface area (Å²) in [5.74, 6) is 5.96. The van der Waals surface area contributed by atoms with Crippen LogP contribution in [0, 0.1) is 18.8 Å². The van der Waals surface area contributed by atoms with E-state index in [9.17, 15) is 4.79 Å². The normalized spacial score (nSPS) is 14.2. The number of hydrogen-bond donors (Lipinski definition) is 1. The quantitative estimate of drug-likeness (QED) is 0.857. The van der Waals surface area contributed by atoms with Crippen LogP contribution in [-0.4, -0.2) is 35.6 Å². The first kappa shape index (κ1) is 14.6. The van der Waals surface area contributed by atoms with Gasteiger partial charge in [-0.05, 0) is 49.9 Å². The summed E-state index contributed by atoms with van der Waals surface area (Å²) in [6.45, 7) is 2.03. The summed E-state index contributed by atoms with van der Waals surface area (Å²) in [6, 6.07) is 6.11. The fraction of sp³-hybridized carbons (Fsp3) is 0.471. The van der Waals surface area contributed by atoms with Crippen molar-refractivity contribution in [2.24, 2.45) is 0 Å². The smallest absolute Gasteiger partial charge is 0.253 e. The van der Waals surface area contributed by atoms with Gasteiger partial charge in [0.1, 0.15) is 0 Å². The molecule has 2 rings (SSSR count). The zero-order chi connectivity index (χ0) is 14.5. The molecule has 1 fully saturated rings. The first-order chi connectivity index (χ1) is 9.61. The topological polar surface area (TPSA) is 40.5 Å². The summed E-state index contributed by atoms with van der Waals surface area (Å²) in [4.78, 5) is 14.3. The van der Waals surface area contributed by atoms with E-state index in [1.165, 1.54) is 6.42 Å². The van der Waals surface area contributed by atoms with Crippen LogP contribution in [0.2, 0.25) is 0 Å². The highest BCUT2D eigenvalue weighted by Crippen LogP contribution is 2.25. The minimum atomic E-state index is 0.0645. The maximum atomic E-state index is 12.5. The first-order valence-corrected chi connectivity index (χ1v) is 7.10. The third kappa shape index (κ3) is 3.40. The van der Waals surface area contributed by atoms with Crippen molar-refractivity contribution < 1.29 is 9.90 Å². The van der Waals surface area contributed by atoms with Crippen molar-refractivity contribution in [2.45, 2.75) is 38.6 Å². The van der Waals surface area contributed by atoms with E-state index in [0.29, 0.717) is 18.0 Å². The van der Waals surface area contributed by atoms with Crippen molar-refractivity contribution in [1.29, 1.82) is 0 Å². The fourth-order valence-corrected chi connectivity index (χ4v) is 2.34. The van der Waals surface area contributed by atoms with Gasteiger partial charge in [0.2, 0.25) is 0 Å². The Kier molecular flexibility index (Phi) is 4.81. The molecule has 0 atom stereocenters. The average molecular weight is 271 g/mol. The number of benzene rings is 1. The van der Waals surface area contributed by atoms with E-state index in [4.69, 9.17) is 5.11 Å². The molecule has 1 aromatic carbocycles. The van der Waals surface area contributed by atoms with Gasteiger partial charge in [-0.2, -0.15) is 0 Å². The number of nitrogens with zero attached hydrogens (tertiary/aromatic N) is 1. The molecule has 1 aromatic rings. The van der Waals surface area contributed by atoms with Gasteiger partial charge in [-0.3, -0.25) is 4.79 Å². The molecule has 0 spiro atoms. The molecule has 1 aliphatic carbocycles. The number of carbonyl (C=O) groups excluding carboxylic acids is 1. The number of rotatable bonds is 3. The number of aryl methyl sites for hydroxylation is 1. The van der Waals surface area contributed by atoms with Gasteiger partial charge < -0.3 is 10.0 Å². The van der Waals surface area contributed by atoms with Crippen molar-refractivity contribution in [3.8, 4) is 11.8 Å². The third-order valence-corrected chi connectivity index (χ3v) is 3.74. The predicted molar refractivity (Wildman–Crippen MR) is 79.5 cm³/mol. The maximum Gasteiger partial charge on any atom is 0.253 e. The van der Waals surface area contributed by atoms with Crippen LogP contribution in [0.1, 0.15) is 47.2 Å². The first-order valence-electron chi connectivity index (χ1n) is 7.10. The Morgan fingerprint density at radius 2 is 2.15 bits per heavy atom. The second kappa shape index (κ2) is 6.58. The minimum absolute atomic E-state index is 0.0645. The molecule has 20 heavy (non-hydrogen) atoms. The Hall–Kier alpha value is -1.79. The molecule has 0 bridgehead atoms. The van der Waals surface area contributed by atoms with Gasteiger partial charge in [0.15, 0.2) is 0 Å². The predicted octanol–water partition coefficient (Wildman–Crippen LogP) is 2.35. The molecular formula is C17H21NO2. The number of carbonyl (C=O) groups is 1. The van der Waals surface area contributed by atoms with Crippen LogP contribution >= 0.6 is 0 Å². The molecule has 0 aliphatic heterocycles. The van der Waals surface area contributed by atoms with E-state index in [2.05, 4.69) is 11.8 Å². The molecule has 1 aliphatic rings. The van der Waals surface area contributed by atoms with Gasteiger partial charge >= 0.3 is 0 Å². The zero-order valence-electron chi connectivity index (χ0n) is 12.1.